The van der Waals surface area contributed by atoms with E-state index in [1.165, 1.54) is 12.1 Å². The van der Waals surface area contributed by atoms with Crippen LogP contribution in [0.4, 0.5) is 16.2 Å². The zero-order chi connectivity index (χ0) is 22.5. The van der Waals surface area contributed by atoms with Crippen molar-refractivity contribution < 1.29 is 4.39 Å². The maximum Gasteiger partial charge on any atom is 0.225 e. The highest BCUT2D eigenvalue weighted by atomic mass is 35.5. The highest BCUT2D eigenvalue weighted by Gasteiger charge is 2.47. The quantitative estimate of drug-likeness (QED) is 0.598. The molecule has 1 aliphatic carbocycles. The van der Waals surface area contributed by atoms with E-state index in [-0.39, 0.29) is 11.4 Å². The molecule has 0 spiro atoms. The summed E-state index contributed by atoms with van der Waals surface area (Å²) in [5.74, 6) is 1.68. The molecule has 9 heteroatoms. The maximum absolute atomic E-state index is 13.8. The Labute approximate surface area is 192 Å². The molecule has 1 aromatic carbocycles. The molecule has 3 aromatic rings. The average Bonchev–Trinajstić information content (AvgIpc) is 3.17. The van der Waals surface area contributed by atoms with Gasteiger partial charge in [0, 0.05) is 30.0 Å². The van der Waals surface area contributed by atoms with Crippen molar-refractivity contribution >= 4 is 23.4 Å². The van der Waals surface area contributed by atoms with Gasteiger partial charge in [-0.2, -0.15) is 4.98 Å². The van der Waals surface area contributed by atoms with Crippen LogP contribution in [0.1, 0.15) is 32.4 Å². The van der Waals surface area contributed by atoms with E-state index in [4.69, 9.17) is 16.6 Å². The topological polar surface area (TPSA) is 62.1 Å². The minimum Gasteiger partial charge on any atom is -0.343 e. The van der Waals surface area contributed by atoms with E-state index in [0.717, 1.165) is 37.6 Å². The smallest absolute Gasteiger partial charge is 0.225 e. The van der Waals surface area contributed by atoms with E-state index in [1.807, 2.05) is 18.5 Å². The maximum atomic E-state index is 13.8. The van der Waals surface area contributed by atoms with E-state index in [9.17, 15) is 4.39 Å². The lowest BCUT2D eigenvalue weighted by Crippen LogP contribution is -2.35. The number of hydrogen-bond acceptors (Lipinski definition) is 6. The largest absolute Gasteiger partial charge is 0.343 e. The standard InChI is InChI=1S/C23H27ClFN7/c1-15(2)19-11-30(3)14-32(19)21-4-7-26-22(28-21)29-23(5-6-23)20-12-31(13-27-20)18-9-16(24)8-17(25)10-18/h4,7-10,12-13,15,19H,5-6,11,14H2,1-3H3,(H,26,28,29)/t19-/m1/s1. The molecule has 32 heavy (non-hydrogen) atoms. The Morgan fingerprint density at radius 2 is 2.03 bits per heavy atom. The number of nitrogens with one attached hydrogen (secondary N) is 1. The second-order valence-corrected chi connectivity index (χ2v) is 9.64. The Kier molecular flexibility index (Phi) is 5.29. The normalized spacial score (nSPS) is 20.2. The molecule has 7 nitrogen and oxygen atoms in total. The number of anilines is 2. The lowest BCUT2D eigenvalue weighted by atomic mass is 10.0. The highest BCUT2D eigenvalue weighted by Crippen LogP contribution is 2.47. The third-order valence-corrected chi connectivity index (χ3v) is 6.54. The zero-order valence-electron chi connectivity index (χ0n) is 18.5. The van der Waals surface area contributed by atoms with Gasteiger partial charge >= 0.3 is 0 Å². The van der Waals surface area contributed by atoms with Gasteiger partial charge in [-0.1, -0.05) is 25.4 Å². The third-order valence-electron chi connectivity index (χ3n) is 6.32. The van der Waals surface area contributed by atoms with Crippen LogP contribution in [0.5, 0.6) is 0 Å². The summed E-state index contributed by atoms with van der Waals surface area (Å²) in [4.78, 5) is 18.6. The molecule has 0 unspecified atom stereocenters. The summed E-state index contributed by atoms with van der Waals surface area (Å²) in [5.41, 5.74) is 1.22. The van der Waals surface area contributed by atoms with Crippen molar-refractivity contribution in [1.82, 2.24) is 24.4 Å². The molecule has 2 aliphatic rings. The number of aromatic nitrogens is 4. The van der Waals surface area contributed by atoms with E-state index in [1.54, 1.807) is 17.0 Å². The van der Waals surface area contributed by atoms with Crippen molar-refractivity contribution in [2.75, 3.05) is 30.5 Å². The zero-order valence-corrected chi connectivity index (χ0v) is 19.2. The van der Waals surface area contributed by atoms with Crippen LogP contribution >= 0.6 is 11.6 Å². The summed E-state index contributed by atoms with van der Waals surface area (Å²) < 4.78 is 15.6. The van der Waals surface area contributed by atoms with Gasteiger partial charge in [0.15, 0.2) is 0 Å². The van der Waals surface area contributed by atoms with Crippen molar-refractivity contribution in [2.24, 2.45) is 5.92 Å². The van der Waals surface area contributed by atoms with Gasteiger partial charge in [-0.15, -0.1) is 0 Å². The van der Waals surface area contributed by atoms with Gasteiger partial charge in [-0.05, 0) is 50.1 Å². The predicted molar refractivity (Wildman–Crippen MR) is 124 cm³/mol. The molecule has 0 radical (unpaired) electrons. The van der Waals surface area contributed by atoms with Crippen LogP contribution in [-0.4, -0.2) is 50.7 Å². The molecule has 1 saturated heterocycles. The van der Waals surface area contributed by atoms with Crippen molar-refractivity contribution in [3.8, 4) is 5.69 Å². The molecule has 168 valence electrons. The van der Waals surface area contributed by atoms with E-state index < -0.39 is 0 Å². The summed E-state index contributed by atoms with van der Waals surface area (Å²) in [6.07, 6.45) is 7.28. The van der Waals surface area contributed by atoms with E-state index in [2.05, 4.69) is 46.0 Å². The predicted octanol–water partition coefficient (Wildman–Crippen LogP) is 4.29. The van der Waals surface area contributed by atoms with Crippen molar-refractivity contribution in [3.05, 3.63) is 59.5 Å². The number of imidazole rings is 1. The van der Waals surface area contributed by atoms with Crippen LogP contribution in [0.25, 0.3) is 5.69 Å². The van der Waals surface area contributed by atoms with Gasteiger partial charge in [-0.25, -0.2) is 14.4 Å². The molecule has 0 amide bonds. The second kappa shape index (κ2) is 8.01. The lowest BCUT2D eigenvalue weighted by Gasteiger charge is -2.27. The fourth-order valence-electron chi connectivity index (χ4n) is 4.41. The lowest BCUT2D eigenvalue weighted by molar-refractivity contribution is 0.392. The molecule has 2 fully saturated rings. The first-order valence-electron chi connectivity index (χ1n) is 10.9. The number of hydrogen-bond donors (Lipinski definition) is 1. The monoisotopic (exact) mass is 455 g/mol. The molecule has 0 bridgehead atoms. The number of benzene rings is 1. The molecule has 1 aliphatic heterocycles. The molecule has 1 atom stereocenters. The Morgan fingerprint density at radius 1 is 1.22 bits per heavy atom. The molecular weight excluding hydrogens is 429 g/mol. The Hall–Kier alpha value is -2.71. The third kappa shape index (κ3) is 4.04. The SMILES string of the molecule is CC(C)[C@H]1CN(C)CN1c1ccnc(NC2(c3cn(-c4cc(F)cc(Cl)c4)cn3)CC2)n1. The number of halogens is 2. The van der Waals surface area contributed by atoms with Gasteiger partial charge in [0.25, 0.3) is 0 Å². The van der Waals surface area contributed by atoms with Crippen LogP contribution in [0.2, 0.25) is 5.02 Å². The number of rotatable bonds is 6. The first-order valence-corrected chi connectivity index (χ1v) is 11.3. The number of nitrogens with zero attached hydrogens (tertiary/aromatic N) is 6. The average molecular weight is 456 g/mol. The van der Waals surface area contributed by atoms with Gasteiger partial charge in [-0.3, -0.25) is 4.90 Å². The van der Waals surface area contributed by atoms with Crippen LogP contribution in [0, 0.1) is 11.7 Å². The van der Waals surface area contributed by atoms with Gasteiger partial charge in [0.2, 0.25) is 5.95 Å². The Bertz CT molecular complexity index is 1110. The van der Waals surface area contributed by atoms with Crippen molar-refractivity contribution in [1.29, 1.82) is 0 Å². The molecular formula is C23H27ClFN7. The summed E-state index contributed by atoms with van der Waals surface area (Å²) in [6.45, 7) is 6.37. The van der Waals surface area contributed by atoms with Crippen molar-refractivity contribution in [2.45, 2.75) is 38.3 Å². The van der Waals surface area contributed by atoms with Crippen LogP contribution in [0.3, 0.4) is 0 Å². The molecule has 3 heterocycles. The second-order valence-electron chi connectivity index (χ2n) is 9.20. The molecule has 1 saturated carbocycles. The molecule has 5 rings (SSSR count). The van der Waals surface area contributed by atoms with E-state index >= 15 is 0 Å². The summed E-state index contributed by atoms with van der Waals surface area (Å²) in [7, 11) is 2.14. The number of likely N-dealkylation sites (N-methyl/N-ethyl adjacent to an activating group) is 1. The molecule has 2 aromatic heterocycles. The Balaban J connectivity index is 1.37. The first-order chi connectivity index (χ1) is 15.3. The summed E-state index contributed by atoms with van der Waals surface area (Å²) in [5, 5.41) is 3.87. The van der Waals surface area contributed by atoms with Crippen LogP contribution in [0.15, 0.2) is 43.0 Å². The van der Waals surface area contributed by atoms with E-state index in [0.29, 0.717) is 28.6 Å². The Morgan fingerprint density at radius 3 is 2.75 bits per heavy atom. The van der Waals surface area contributed by atoms with Crippen LogP contribution < -0.4 is 10.2 Å². The minimum absolute atomic E-state index is 0.305. The fraction of sp³-hybridized carbons (Fsp3) is 0.435. The molecule has 1 N–H and O–H groups in total. The van der Waals surface area contributed by atoms with Gasteiger partial charge in [0.1, 0.15) is 11.6 Å². The van der Waals surface area contributed by atoms with Gasteiger partial charge < -0.3 is 14.8 Å². The first kappa shape index (κ1) is 21.2. The summed E-state index contributed by atoms with van der Waals surface area (Å²) >= 11 is 6.01. The van der Waals surface area contributed by atoms with Crippen molar-refractivity contribution in [3.63, 3.8) is 0 Å². The minimum atomic E-state index is -0.375. The highest BCUT2D eigenvalue weighted by molar-refractivity contribution is 6.30. The van der Waals surface area contributed by atoms with Gasteiger partial charge in [0.05, 0.1) is 29.9 Å². The fourth-order valence-corrected chi connectivity index (χ4v) is 4.62. The van der Waals surface area contributed by atoms with Crippen LogP contribution in [-0.2, 0) is 5.54 Å². The summed E-state index contributed by atoms with van der Waals surface area (Å²) in [6, 6.07) is 6.84.